The first kappa shape index (κ1) is 17.9. The second-order valence-corrected chi connectivity index (χ2v) is 7.44. The van der Waals surface area contributed by atoms with Gasteiger partial charge in [-0.25, -0.2) is 0 Å². The maximum absolute atomic E-state index is 12.3. The molecule has 2 amide bonds. The fraction of sp³-hybridized carbons (Fsp3) is 0.333. The average molecular weight is 378 g/mol. The molecule has 1 saturated heterocycles. The summed E-state index contributed by atoms with van der Waals surface area (Å²) in [6, 6.07) is 9.17. The van der Waals surface area contributed by atoms with Crippen LogP contribution in [0.25, 0.3) is 0 Å². The molecule has 1 aromatic carbocycles. The number of hydrogen-bond donors (Lipinski definition) is 1. The minimum Gasteiger partial charge on any atom is -0.335 e. The SMILES string of the molecule is Cc1ccc(Cl)cc1NC(=O)CN1CCN(C(=O)c2cccs2)CC1. The Bertz CT molecular complexity index is 756. The third-order valence-electron chi connectivity index (χ3n) is 4.23. The summed E-state index contributed by atoms with van der Waals surface area (Å²) in [5.41, 5.74) is 1.72. The van der Waals surface area contributed by atoms with E-state index < -0.39 is 0 Å². The number of hydrogen-bond acceptors (Lipinski definition) is 4. The fourth-order valence-corrected chi connectivity index (χ4v) is 3.65. The third-order valence-corrected chi connectivity index (χ3v) is 5.33. The Balaban J connectivity index is 1.49. The highest BCUT2D eigenvalue weighted by molar-refractivity contribution is 7.12. The first-order valence-electron chi connectivity index (χ1n) is 8.14. The van der Waals surface area contributed by atoms with Crippen molar-refractivity contribution >= 4 is 40.4 Å². The molecule has 2 heterocycles. The van der Waals surface area contributed by atoms with Crippen molar-refractivity contribution in [2.45, 2.75) is 6.92 Å². The largest absolute Gasteiger partial charge is 0.335 e. The molecule has 0 bridgehead atoms. The molecular weight excluding hydrogens is 358 g/mol. The number of nitrogens with zero attached hydrogens (tertiary/aromatic N) is 2. The molecule has 1 aliphatic heterocycles. The van der Waals surface area contributed by atoms with E-state index in [1.807, 2.05) is 35.4 Å². The van der Waals surface area contributed by atoms with Gasteiger partial charge in [0.15, 0.2) is 0 Å². The van der Waals surface area contributed by atoms with Crippen molar-refractivity contribution in [2.75, 3.05) is 38.0 Å². The Kier molecular flexibility index (Phi) is 5.73. The van der Waals surface area contributed by atoms with Crippen molar-refractivity contribution < 1.29 is 9.59 Å². The Morgan fingerprint density at radius 3 is 2.64 bits per heavy atom. The minimum absolute atomic E-state index is 0.0663. The quantitative estimate of drug-likeness (QED) is 0.890. The molecule has 1 aromatic heterocycles. The summed E-state index contributed by atoms with van der Waals surface area (Å²) in [6.45, 7) is 4.91. The van der Waals surface area contributed by atoms with Crippen LogP contribution in [0.3, 0.4) is 0 Å². The number of thiophene rings is 1. The lowest BCUT2D eigenvalue weighted by molar-refractivity contribution is -0.117. The minimum atomic E-state index is -0.0663. The summed E-state index contributed by atoms with van der Waals surface area (Å²) in [5, 5.41) is 5.42. The summed E-state index contributed by atoms with van der Waals surface area (Å²) in [6.07, 6.45) is 0. The summed E-state index contributed by atoms with van der Waals surface area (Å²) in [5.74, 6) is 0.0112. The molecule has 5 nitrogen and oxygen atoms in total. The van der Waals surface area contributed by atoms with Crippen LogP contribution in [0.5, 0.6) is 0 Å². The molecule has 3 rings (SSSR count). The lowest BCUT2D eigenvalue weighted by Crippen LogP contribution is -2.50. The highest BCUT2D eigenvalue weighted by Crippen LogP contribution is 2.20. The number of nitrogens with one attached hydrogen (secondary N) is 1. The molecule has 1 N–H and O–H groups in total. The summed E-state index contributed by atoms with van der Waals surface area (Å²) < 4.78 is 0. The Labute approximate surface area is 156 Å². The van der Waals surface area contributed by atoms with E-state index in [2.05, 4.69) is 10.2 Å². The molecule has 0 spiro atoms. The average Bonchev–Trinajstić information content (AvgIpc) is 3.13. The Morgan fingerprint density at radius 1 is 1.20 bits per heavy atom. The zero-order valence-electron chi connectivity index (χ0n) is 14.0. The number of piperazine rings is 1. The van der Waals surface area contributed by atoms with E-state index in [-0.39, 0.29) is 11.8 Å². The van der Waals surface area contributed by atoms with Crippen LogP contribution in [-0.4, -0.2) is 54.3 Å². The molecule has 0 atom stereocenters. The van der Waals surface area contributed by atoms with Gasteiger partial charge in [-0.05, 0) is 36.1 Å². The van der Waals surface area contributed by atoms with Crippen LogP contribution < -0.4 is 5.32 Å². The van der Waals surface area contributed by atoms with Gasteiger partial charge in [0.25, 0.3) is 5.91 Å². The van der Waals surface area contributed by atoms with Crippen molar-refractivity contribution in [3.05, 3.63) is 51.2 Å². The molecule has 0 saturated carbocycles. The number of rotatable bonds is 4. The van der Waals surface area contributed by atoms with Crippen molar-refractivity contribution in [1.29, 1.82) is 0 Å². The molecule has 132 valence electrons. The highest BCUT2D eigenvalue weighted by Gasteiger charge is 2.23. The topological polar surface area (TPSA) is 52.7 Å². The van der Waals surface area contributed by atoms with Gasteiger partial charge < -0.3 is 10.2 Å². The van der Waals surface area contributed by atoms with Crippen LogP contribution in [-0.2, 0) is 4.79 Å². The van der Waals surface area contributed by atoms with Crippen LogP contribution in [0, 0.1) is 6.92 Å². The second kappa shape index (κ2) is 7.99. The third kappa shape index (κ3) is 4.60. The summed E-state index contributed by atoms with van der Waals surface area (Å²) >= 11 is 7.44. The van der Waals surface area contributed by atoms with Gasteiger partial charge in [-0.15, -0.1) is 11.3 Å². The van der Waals surface area contributed by atoms with E-state index in [9.17, 15) is 9.59 Å². The zero-order chi connectivity index (χ0) is 17.8. The van der Waals surface area contributed by atoms with Gasteiger partial charge in [-0.1, -0.05) is 23.7 Å². The monoisotopic (exact) mass is 377 g/mol. The Hall–Kier alpha value is -1.89. The van der Waals surface area contributed by atoms with Crippen molar-refractivity contribution in [2.24, 2.45) is 0 Å². The van der Waals surface area contributed by atoms with Crippen LogP contribution in [0.1, 0.15) is 15.2 Å². The molecule has 0 unspecified atom stereocenters. The number of aryl methyl sites for hydroxylation is 1. The maximum Gasteiger partial charge on any atom is 0.264 e. The van der Waals surface area contributed by atoms with E-state index in [1.54, 1.807) is 12.1 Å². The van der Waals surface area contributed by atoms with Crippen molar-refractivity contribution in [3.63, 3.8) is 0 Å². The lowest BCUT2D eigenvalue weighted by Gasteiger charge is -2.34. The van der Waals surface area contributed by atoms with Crippen LogP contribution in [0.4, 0.5) is 5.69 Å². The second-order valence-electron chi connectivity index (χ2n) is 6.05. The van der Waals surface area contributed by atoms with Crippen LogP contribution in [0.15, 0.2) is 35.7 Å². The highest BCUT2D eigenvalue weighted by atomic mass is 35.5. The Morgan fingerprint density at radius 2 is 1.96 bits per heavy atom. The van der Waals surface area contributed by atoms with Gasteiger partial charge in [0.1, 0.15) is 0 Å². The maximum atomic E-state index is 12.3. The van der Waals surface area contributed by atoms with Gasteiger partial charge >= 0.3 is 0 Å². The zero-order valence-corrected chi connectivity index (χ0v) is 15.6. The first-order valence-corrected chi connectivity index (χ1v) is 9.40. The molecule has 0 radical (unpaired) electrons. The van der Waals surface area contributed by atoms with E-state index >= 15 is 0 Å². The van der Waals surface area contributed by atoms with E-state index in [0.29, 0.717) is 37.7 Å². The van der Waals surface area contributed by atoms with Gasteiger partial charge in [0, 0.05) is 36.9 Å². The number of halogens is 1. The van der Waals surface area contributed by atoms with Crippen LogP contribution in [0.2, 0.25) is 5.02 Å². The fourth-order valence-electron chi connectivity index (χ4n) is 2.79. The molecule has 1 fully saturated rings. The predicted molar refractivity (Wildman–Crippen MR) is 101 cm³/mol. The summed E-state index contributed by atoms with van der Waals surface area (Å²) in [7, 11) is 0. The molecule has 7 heteroatoms. The molecule has 2 aromatic rings. The van der Waals surface area contributed by atoms with E-state index in [4.69, 9.17) is 11.6 Å². The first-order chi connectivity index (χ1) is 12.0. The van der Waals surface area contributed by atoms with E-state index in [1.165, 1.54) is 11.3 Å². The number of anilines is 1. The van der Waals surface area contributed by atoms with Gasteiger partial charge in [0.2, 0.25) is 5.91 Å². The van der Waals surface area contributed by atoms with E-state index in [0.717, 1.165) is 16.1 Å². The number of amides is 2. The molecular formula is C18H20ClN3O2S. The van der Waals surface area contributed by atoms with Crippen LogP contribution >= 0.6 is 22.9 Å². The molecule has 1 aliphatic rings. The van der Waals surface area contributed by atoms with Gasteiger partial charge in [0.05, 0.1) is 11.4 Å². The molecule has 25 heavy (non-hydrogen) atoms. The standard InChI is InChI=1S/C18H20ClN3O2S/c1-13-4-5-14(19)11-15(13)20-17(23)12-21-6-8-22(9-7-21)18(24)16-3-2-10-25-16/h2-5,10-11H,6-9,12H2,1H3,(H,20,23). The number of carbonyl (C=O) groups excluding carboxylic acids is 2. The number of benzene rings is 1. The van der Waals surface area contributed by atoms with Crippen molar-refractivity contribution in [1.82, 2.24) is 9.80 Å². The molecule has 0 aliphatic carbocycles. The summed E-state index contributed by atoms with van der Waals surface area (Å²) in [4.78, 5) is 29.3. The van der Waals surface area contributed by atoms with Gasteiger partial charge in [-0.3, -0.25) is 14.5 Å². The lowest BCUT2D eigenvalue weighted by atomic mass is 10.2. The normalized spacial score (nSPS) is 15.2. The van der Waals surface area contributed by atoms with Crippen molar-refractivity contribution in [3.8, 4) is 0 Å². The predicted octanol–water partition coefficient (Wildman–Crippen LogP) is 3.11. The smallest absolute Gasteiger partial charge is 0.264 e. The van der Waals surface area contributed by atoms with Gasteiger partial charge in [-0.2, -0.15) is 0 Å². The number of carbonyl (C=O) groups is 2.